The van der Waals surface area contributed by atoms with Crippen LogP contribution < -0.4 is 10.1 Å². The minimum Gasteiger partial charge on any atom is -0.491 e. The Morgan fingerprint density at radius 3 is 2.43 bits per heavy atom. The molecule has 1 N–H and O–H groups in total. The van der Waals surface area contributed by atoms with E-state index in [1.54, 1.807) is 9.58 Å². The fraction of sp³-hybridized carbons (Fsp3) is 0.538. The normalized spacial score (nSPS) is 15.3. The van der Waals surface area contributed by atoms with Gasteiger partial charge in [0.05, 0.1) is 6.10 Å². The molecule has 2 aromatic rings. The Labute approximate surface area is 206 Å². The van der Waals surface area contributed by atoms with E-state index in [2.05, 4.69) is 10.4 Å². The molecule has 9 heteroatoms. The highest BCUT2D eigenvalue weighted by Crippen LogP contribution is 2.25. The average molecular weight is 482 g/mol. The van der Waals surface area contributed by atoms with Gasteiger partial charge in [0.25, 0.3) is 5.91 Å². The maximum atomic E-state index is 13.0. The number of nitrogens with one attached hydrogen (secondary N) is 1. The number of fused-ring (bicyclic) bond motifs is 1. The Kier molecular flexibility index (Phi) is 7.73. The first-order valence-corrected chi connectivity index (χ1v) is 12.5. The molecule has 0 unspecified atom stereocenters. The highest BCUT2D eigenvalue weighted by molar-refractivity contribution is 5.94. The predicted octanol–water partition coefficient (Wildman–Crippen LogP) is 2.42. The highest BCUT2D eigenvalue weighted by Gasteiger charge is 2.31. The lowest BCUT2D eigenvalue weighted by molar-refractivity contribution is -0.134. The number of carbonyl (C=O) groups is 3. The van der Waals surface area contributed by atoms with Crippen molar-refractivity contribution in [3.63, 3.8) is 0 Å². The fourth-order valence-electron chi connectivity index (χ4n) is 4.67. The first-order valence-electron chi connectivity index (χ1n) is 12.5. The second kappa shape index (κ2) is 10.9. The number of aryl methyl sites for hydroxylation is 1. The third kappa shape index (κ3) is 6.01. The molecule has 1 aromatic carbocycles. The summed E-state index contributed by atoms with van der Waals surface area (Å²) in [6.45, 7) is 6.80. The molecule has 0 saturated carbocycles. The van der Waals surface area contributed by atoms with Crippen molar-refractivity contribution in [2.24, 2.45) is 7.05 Å². The van der Waals surface area contributed by atoms with Crippen molar-refractivity contribution in [3.8, 4) is 5.75 Å². The molecule has 35 heavy (non-hydrogen) atoms. The Morgan fingerprint density at radius 2 is 1.74 bits per heavy atom. The molecule has 0 radical (unpaired) electrons. The Bertz CT molecular complexity index is 1070. The molecule has 3 amide bonds. The first kappa shape index (κ1) is 24.8. The van der Waals surface area contributed by atoms with Gasteiger partial charge in [-0.15, -0.1) is 0 Å². The second-order valence-electron chi connectivity index (χ2n) is 9.55. The lowest BCUT2D eigenvalue weighted by atomic mass is 10.0. The summed E-state index contributed by atoms with van der Waals surface area (Å²) in [5.74, 6) is 0.510. The molecule has 2 aliphatic rings. The summed E-state index contributed by atoms with van der Waals surface area (Å²) in [6, 6.07) is 7.61. The third-order valence-electron chi connectivity index (χ3n) is 6.54. The molecule has 1 saturated heterocycles. The number of rotatable bonds is 8. The van der Waals surface area contributed by atoms with Gasteiger partial charge in [-0.3, -0.25) is 19.1 Å². The van der Waals surface area contributed by atoms with Crippen molar-refractivity contribution in [3.05, 3.63) is 46.8 Å². The molecule has 0 aliphatic carbocycles. The summed E-state index contributed by atoms with van der Waals surface area (Å²) in [5.41, 5.74) is 3.29. The van der Waals surface area contributed by atoms with Crippen LogP contribution in [0.4, 0.5) is 0 Å². The smallest absolute Gasteiger partial charge is 0.274 e. The molecule has 0 spiro atoms. The van der Waals surface area contributed by atoms with Gasteiger partial charge in [0, 0.05) is 70.3 Å². The molecule has 0 bridgehead atoms. The molecule has 188 valence electrons. The van der Waals surface area contributed by atoms with Crippen LogP contribution in [0.25, 0.3) is 0 Å². The minimum atomic E-state index is -0.162. The van der Waals surface area contributed by atoms with Crippen LogP contribution >= 0.6 is 0 Å². The number of ether oxygens (including phenoxy) is 1. The Morgan fingerprint density at radius 1 is 1.03 bits per heavy atom. The van der Waals surface area contributed by atoms with Gasteiger partial charge in [-0.05, 0) is 44.4 Å². The summed E-state index contributed by atoms with van der Waals surface area (Å²) in [4.78, 5) is 41.8. The summed E-state index contributed by atoms with van der Waals surface area (Å²) >= 11 is 0. The zero-order valence-electron chi connectivity index (χ0n) is 20.9. The van der Waals surface area contributed by atoms with Gasteiger partial charge < -0.3 is 19.9 Å². The minimum absolute atomic E-state index is 0.0446. The van der Waals surface area contributed by atoms with E-state index in [9.17, 15) is 14.4 Å². The van der Waals surface area contributed by atoms with Crippen molar-refractivity contribution >= 4 is 17.7 Å². The Hall–Kier alpha value is -3.36. The number of benzene rings is 1. The monoisotopic (exact) mass is 481 g/mol. The average Bonchev–Trinajstić information content (AvgIpc) is 3.49. The highest BCUT2D eigenvalue weighted by atomic mass is 16.5. The molecule has 1 aromatic heterocycles. The van der Waals surface area contributed by atoms with Gasteiger partial charge in [-0.2, -0.15) is 5.10 Å². The molecule has 3 heterocycles. The van der Waals surface area contributed by atoms with Gasteiger partial charge in [0.15, 0.2) is 5.69 Å². The lowest BCUT2D eigenvalue weighted by Gasteiger charge is -2.28. The summed E-state index contributed by atoms with van der Waals surface area (Å²) < 4.78 is 7.40. The molecule has 4 rings (SSSR count). The van der Waals surface area contributed by atoms with E-state index in [-0.39, 0.29) is 36.7 Å². The quantitative estimate of drug-likeness (QED) is 0.625. The third-order valence-corrected chi connectivity index (χ3v) is 6.54. The van der Waals surface area contributed by atoms with Crippen LogP contribution in [0.15, 0.2) is 24.3 Å². The van der Waals surface area contributed by atoms with Crippen molar-refractivity contribution in [2.45, 2.75) is 65.1 Å². The molecule has 2 aliphatic heterocycles. The predicted molar refractivity (Wildman–Crippen MR) is 131 cm³/mol. The number of aromatic nitrogens is 2. The maximum absolute atomic E-state index is 13.0. The van der Waals surface area contributed by atoms with Crippen LogP contribution in [0.1, 0.15) is 66.8 Å². The van der Waals surface area contributed by atoms with Gasteiger partial charge in [0.2, 0.25) is 11.8 Å². The second-order valence-corrected chi connectivity index (χ2v) is 9.55. The van der Waals surface area contributed by atoms with Crippen molar-refractivity contribution < 1.29 is 19.1 Å². The number of hydrogen-bond donors (Lipinski definition) is 1. The number of carbonyl (C=O) groups excluding carboxylic acids is 3. The molecular formula is C26H35N5O4. The standard InChI is InChI=1S/C26H35N5O4/c1-18(2)35-20-8-6-19(7-9-20)16-27-23(32)10-11-24(33)31-15-12-22-21(17-31)25(28-29(22)3)26(34)30-13-4-5-14-30/h6-9,18H,4-5,10-17H2,1-3H3,(H,27,32). The van der Waals surface area contributed by atoms with E-state index in [1.165, 1.54) is 0 Å². The van der Waals surface area contributed by atoms with Gasteiger partial charge in [0.1, 0.15) is 5.75 Å². The maximum Gasteiger partial charge on any atom is 0.274 e. The topological polar surface area (TPSA) is 96.8 Å². The van der Waals surface area contributed by atoms with Crippen LogP contribution in [0.3, 0.4) is 0 Å². The fourth-order valence-corrected chi connectivity index (χ4v) is 4.67. The van der Waals surface area contributed by atoms with Crippen molar-refractivity contribution in [2.75, 3.05) is 19.6 Å². The van der Waals surface area contributed by atoms with Crippen molar-refractivity contribution in [1.82, 2.24) is 24.9 Å². The van der Waals surface area contributed by atoms with E-state index >= 15 is 0 Å². The van der Waals surface area contributed by atoms with Crippen LogP contribution in [0, 0.1) is 0 Å². The zero-order chi connectivity index (χ0) is 24.9. The summed E-state index contributed by atoms with van der Waals surface area (Å²) in [5, 5.41) is 7.37. The summed E-state index contributed by atoms with van der Waals surface area (Å²) in [6.07, 6.45) is 3.07. The molecule has 0 atom stereocenters. The van der Waals surface area contributed by atoms with Crippen LogP contribution in [-0.4, -0.2) is 63.0 Å². The zero-order valence-corrected chi connectivity index (χ0v) is 20.9. The number of amides is 3. The van der Waals surface area contributed by atoms with Crippen LogP contribution in [-0.2, 0) is 36.1 Å². The van der Waals surface area contributed by atoms with Gasteiger partial charge in [-0.25, -0.2) is 0 Å². The number of nitrogens with zero attached hydrogens (tertiary/aromatic N) is 4. The van der Waals surface area contributed by atoms with E-state index in [0.29, 0.717) is 31.7 Å². The van der Waals surface area contributed by atoms with E-state index in [0.717, 1.165) is 48.5 Å². The lowest BCUT2D eigenvalue weighted by Crippen LogP contribution is -2.38. The largest absolute Gasteiger partial charge is 0.491 e. The van der Waals surface area contributed by atoms with E-state index in [4.69, 9.17) is 4.74 Å². The SMILES string of the molecule is CC(C)Oc1ccc(CNC(=O)CCC(=O)N2CCc3c(c(C(=O)N4CCCC4)nn3C)C2)cc1. The summed E-state index contributed by atoms with van der Waals surface area (Å²) in [7, 11) is 1.85. The Balaban J connectivity index is 1.27. The number of hydrogen-bond acceptors (Lipinski definition) is 5. The molecule has 1 fully saturated rings. The first-order chi connectivity index (χ1) is 16.8. The van der Waals surface area contributed by atoms with Crippen LogP contribution in [0.2, 0.25) is 0 Å². The van der Waals surface area contributed by atoms with Gasteiger partial charge >= 0.3 is 0 Å². The van der Waals surface area contributed by atoms with E-state index < -0.39 is 0 Å². The van der Waals surface area contributed by atoms with Crippen LogP contribution in [0.5, 0.6) is 5.75 Å². The van der Waals surface area contributed by atoms with Crippen molar-refractivity contribution in [1.29, 1.82) is 0 Å². The molecular weight excluding hydrogens is 446 g/mol. The molecule has 9 nitrogen and oxygen atoms in total. The number of likely N-dealkylation sites (tertiary alicyclic amines) is 1. The van der Waals surface area contributed by atoms with Gasteiger partial charge in [-0.1, -0.05) is 12.1 Å². The van der Waals surface area contributed by atoms with E-state index in [1.807, 2.05) is 50.1 Å².